The maximum Gasteiger partial charge on any atom is 0.308 e. The van der Waals surface area contributed by atoms with Crippen molar-refractivity contribution < 1.29 is 32.4 Å². The van der Waals surface area contributed by atoms with E-state index < -0.39 is 39.5 Å². The third-order valence-corrected chi connectivity index (χ3v) is 3.20. The largest absolute Gasteiger partial charge is 0.454 e. The smallest absolute Gasteiger partial charge is 0.308 e. The van der Waals surface area contributed by atoms with Crippen molar-refractivity contribution in [1.29, 1.82) is 0 Å². The number of nitro groups is 1. The maximum absolute atomic E-state index is 13.7. The fourth-order valence-corrected chi connectivity index (χ4v) is 2.06. The predicted molar refractivity (Wildman–Crippen MR) is 73.5 cm³/mol. The lowest BCUT2D eigenvalue weighted by Gasteiger charge is -2.08. The van der Waals surface area contributed by atoms with Gasteiger partial charge in [-0.2, -0.15) is 4.39 Å². The second kappa shape index (κ2) is 5.72. The van der Waals surface area contributed by atoms with E-state index >= 15 is 0 Å². The summed E-state index contributed by atoms with van der Waals surface area (Å²) in [5.74, 6) is -6.32. The predicted octanol–water partition coefficient (Wildman–Crippen LogP) is 2.99. The molecule has 10 heteroatoms. The van der Waals surface area contributed by atoms with Crippen molar-refractivity contribution in [3.05, 3.63) is 57.4 Å². The van der Waals surface area contributed by atoms with Crippen LogP contribution in [0.25, 0.3) is 0 Å². The summed E-state index contributed by atoms with van der Waals surface area (Å²) in [6.45, 7) is -0.00324. The average Bonchev–Trinajstić information content (AvgIpc) is 3.00. The molecule has 0 aliphatic carbocycles. The summed E-state index contributed by atoms with van der Waals surface area (Å²) in [6.07, 6.45) is 0. The van der Waals surface area contributed by atoms with Gasteiger partial charge in [0.05, 0.1) is 10.5 Å². The Morgan fingerprint density at radius 1 is 1.08 bits per heavy atom. The van der Waals surface area contributed by atoms with Crippen LogP contribution in [-0.2, 0) is 0 Å². The number of hydrogen-bond donors (Lipinski definition) is 1. The van der Waals surface area contributed by atoms with Gasteiger partial charge in [0.15, 0.2) is 17.3 Å². The van der Waals surface area contributed by atoms with Crippen LogP contribution in [0.2, 0.25) is 0 Å². The standard InChI is InChI=1S/C14H7F3N2O5/c15-11-7(4-8(19(21)22)12(16)13(11)17)14(20)18-6-1-2-9-10(3-6)24-5-23-9/h1-4H,5H2,(H,18,20). The minimum absolute atomic E-state index is 0.00324. The Kier molecular flexibility index (Phi) is 3.72. The number of halogens is 3. The molecule has 2 aromatic rings. The minimum Gasteiger partial charge on any atom is -0.454 e. The van der Waals surface area contributed by atoms with Gasteiger partial charge in [-0.15, -0.1) is 0 Å². The van der Waals surface area contributed by atoms with Crippen LogP contribution >= 0.6 is 0 Å². The third-order valence-electron chi connectivity index (χ3n) is 3.20. The van der Waals surface area contributed by atoms with Crippen molar-refractivity contribution in [3.8, 4) is 11.5 Å². The highest BCUT2D eigenvalue weighted by Gasteiger charge is 2.28. The number of amides is 1. The molecule has 0 atom stereocenters. The molecule has 0 radical (unpaired) electrons. The first kappa shape index (κ1) is 15.6. The highest BCUT2D eigenvalue weighted by atomic mass is 19.2. The number of nitro benzene ring substituents is 1. The second-order valence-corrected chi connectivity index (χ2v) is 4.66. The number of ether oxygens (including phenoxy) is 2. The summed E-state index contributed by atoms with van der Waals surface area (Å²) in [5.41, 5.74) is -2.20. The number of rotatable bonds is 3. The Balaban J connectivity index is 1.94. The number of carbonyl (C=O) groups is 1. The van der Waals surface area contributed by atoms with Crippen LogP contribution in [0, 0.1) is 27.6 Å². The lowest BCUT2D eigenvalue weighted by molar-refractivity contribution is -0.387. The van der Waals surface area contributed by atoms with Crippen molar-refractivity contribution in [2.45, 2.75) is 0 Å². The molecule has 7 nitrogen and oxygen atoms in total. The summed E-state index contributed by atoms with van der Waals surface area (Å²) >= 11 is 0. The van der Waals surface area contributed by atoms with E-state index in [1.54, 1.807) is 0 Å². The molecule has 0 saturated heterocycles. The van der Waals surface area contributed by atoms with E-state index in [2.05, 4.69) is 5.32 Å². The summed E-state index contributed by atoms with van der Waals surface area (Å²) < 4.78 is 50.6. The number of carbonyl (C=O) groups excluding carboxylic acids is 1. The van der Waals surface area contributed by atoms with Gasteiger partial charge in [0, 0.05) is 17.8 Å². The van der Waals surface area contributed by atoms with E-state index in [1.807, 2.05) is 0 Å². The molecule has 1 N–H and O–H groups in total. The first-order valence-electron chi connectivity index (χ1n) is 6.41. The molecule has 24 heavy (non-hydrogen) atoms. The normalized spacial score (nSPS) is 12.1. The van der Waals surface area contributed by atoms with Gasteiger partial charge in [-0.25, -0.2) is 8.78 Å². The van der Waals surface area contributed by atoms with E-state index in [0.29, 0.717) is 17.6 Å². The summed E-state index contributed by atoms with van der Waals surface area (Å²) in [6, 6.07) is 4.57. The molecule has 1 heterocycles. The van der Waals surface area contributed by atoms with Gasteiger partial charge in [-0.05, 0) is 12.1 Å². The molecule has 2 aromatic carbocycles. The number of fused-ring (bicyclic) bond motifs is 1. The lowest BCUT2D eigenvalue weighted by Crippen LogP contribution is -2.16. The summed E-state index contributed by atoms with van der Waals surface area (Å²) in [5, 5.41) is 12.9. The van der Waals surface area contributed by atoms with Gasteiger partial charge in [0.1, 0.15) is 0 Å². The van der Waals surface area contributed by atoms with E-state index in [-0.39, 0.29) is 12.5 Å². The zero-order chi connectivity index (χ0) is 17.4. The molecule has 0 bridgehead atoms. The SMILES string of the molecule is O=C(Nc1ccc2c(c1)OCO2)c1cc([N+](=O)[O-])c(F)c(F)c1F. The highest BCUT2D eigenvalue weighted by molar-refractivity contribution is 6.05. The second-order valence-electron chi connectivity index (χ2n) is 4.66. The van der Waals surface area contributed by atoms with Crippen LogP contribution in [0.5, 0.6) is 11.5 Å². The van der Waals surface area contributed by atoms with E-state index in [9.17, 15) is 28.1 Å². The van der Waals surface area contributed by atoms with Crippen LogP contribution < -0.4 is 14.8 Å². The highest BCUT2D eigenvalue weighted by Crippen LogP contribution is 2.34. The van der Waals surface area contributed by atoms with Gasteiger partial charge in [-0.1, -0.05) is 0 Å². The number of hydrogen-bond acceptors (Lipinski definition) is 5. The number of benzene rings is 2. The average molecular weight is 340 g/mol. The van der Waals surface area contributed by atoms with Gasteiger partial charge < -0.3 is 14.8 Å². The van der Waals surface area contributed by atoms with Crippen molar-refractivity contribution in [2.24, 2.45) is 0 Å². The molecule has 0 saturated carbocycles. The molecule has 1 aliphatic heterocycles. The van der Waals surface area contributed by atoms with E-state index in [4.69, 9.17) is 9.47 Å². The fraction of sp³-hybridized carbons (Fsp3) is 0.0714. The molecule has 1 amide bonds. The molecule has 0 fully saturated rings. The topological polar surface area (TPSA) is 90.7 Å². The first-order valence-corrected chi connectivity index (χ1v) is 6.41. The van der Waals surface area contributed by atoms with Crippen LogP contribution in [-0.4, -0.2) is 17.6 Å². The third kappa shape index (κ3) is 2.57. The summed E-state index contributed by atoms with van der Waals surface area (Å²) in [7, 11) is 0. The van der Waals surface area contributed by atoms with Crippen LogP contribution in [0.15, 0.2) is 24.3 Å². The number of anilines is 1. The molecule has 124 valence electrons. The maximum atomic E-state index is 13.7. The first-order chi connectivity index (χ1) is 11.4. The molecule has 0 aromatic heterocycles. The molecular weight excluding hydrogens is 333 g/mol. The Morgan fingerprint density at radius 2 is 1.79 bits per heavy atom. The number of nitrogens with zero attached hydrogens (tertiary/aromatic N) is 1. The Hall–Kier alpha value is -3.30. The lowest BCUT2D eigenvalue weighted by atomic mass is 10.1. The molecule has 1 aliphatic rings. The molecule has 0 spiro atoms. The van der Waals surface area contributed by atoms with Crippen molar-refractivity contribution in [1.82, 2.24) is 0 Å². The van der Waals surface area contributed by atoms with Gasteiger partial charge in [0.25, 0.3) is 5.91 Å². The minimum atomic E-state index is -2.10. The van der Waals surface area contributed by atoms with Crippen LogP contribution in [0.1, 0.15) is 10.4 Å². The Morgan fingerprint density at radius 3 is 2.50 bits per heavy atom. The van der Waals surface area contributed by atoms with Crippen LogP contribution in [0.3, 0.4) is 0 Å². The fourth-order valence-electron chi connectivity index (χ4n) is 2.06. The van der Waals surface area contributed by atoms with Gasteiger partial charge in [0.2, 0.25) is 18.4 Å². The van der Waals surface area contributed by atoms with Crippen LogP contribution in [0.4, 0.5) is 24.5 Å². The van der Waals surface area contributed by atoms with Crippen molar-refractivity contribution in [2.75, 3.05) is 12.1 Å². The quantitative estimate of drug-likeness (QED) is 0.527. The molecular formula is C14H7F3N2O5. The van der Waals surface area contributed by atoms with E-state index in [1.165, 1.54) is 18.2 Å². The zero-order valence-electron chi connectivity index (χ0n) is 11.6. The monoisotopic (exact) mass is 340 g/mol. The van der Waals surface area contributed by atoms with Crippen molar-refractivity contribution >= 4 is 17.3 Å². The van der Waals surface area contributed by atoms with Gasteiger partial charge in [-0.3, -0.25) is 14.9 Å². The Labute approximate surface area is 131 Å². The number of nitrogens with one attached hydrogen (secondary N) is 1. The zero-order valence-corrected chi connectivity index (χ0v) is 11.6. The molecule has 0 unspecified atom stereocenters. The Bertz CT molecular complexity index is 872. The van der Waals surface area contributed by atoms with Gasteiger partial charge >= 0.3 is 5.69 Å². The van der Waals surface area contributed by atoms with Crippen molar-refractivity contribution in [3.63, 3.8) is 0 Å². The summed E-state index contributed by atoms with van der Waals surface area (Å²) in [4.78, 5) is 21.4. The van der Waals surface area contributed by atoms with E-state index in [0.717, 1.165) is 0 Å². The molecule has 3 rings (SSSR count).